The van der Waals surface area contributed by atoms with Crippen LogP contribution in [0.3, 0.4) is 0 Å². The molecule has 18 heavy (non-hydrogen) atoms. The zero-order chi connectivity index (χ0) is 14.3. The molecule has 5 N–H and O–H groups in total. The molecule has 0 heterocycles. The van der Waals surface area contributed by atoms with Gasteiger partial charge in [0.1, 0.15) is 6.04 Å². The van der Waals surface area contributed by atoms with Crippen molar-refractivity contribution < 1.29 is 34.5 Å². The fraction of sp³-hybridized carbons (Fsp3) is 0.500. The molecule has 0 aliphatic rings. The van der Waals surface area contributed by atoms with Crippen molar-refractivity contribution in [2.24, 2.45) is 0 Å². The summed E-state index contributed by atoms with van der Waals surface area (Å²) in [6, 6.07) is -2.48. The third-order valence-corrected chi connectivity index (χ3v) is 2.10. The summed E-state index contributed by atoms with van der Waals surface area (Å²) < 4.78 is 0. The van der Waals surface area contributed by atoms with Gasteiger partial charge in [0.05, 0.1) is 0 Å². The van der Waals surface area contributed by atoms with Crippen molar-refractivity contribution in [2.45, 2.75) is 24.3 Å². The van der Waals surface area contributed by atoms with Crippen LogP contribution in [0.5, 0.6) is 0 Å². The van der Waals surface area contributed by atoms with Crippen LogP contribution in [0.2, 0.25) is 0 Å². The van der Waals surface area contributed by atoms with E-state index in [9.17, 15) is 19.2 Å². The Balaban J connectivity index is 4.32. The predicted molar refractivity (Wildman–Crippen MR) is 60.4 cm³/mol. The van der Waals surface area contributed by atoms with Crippen LogP contribution >= 0.6 is 12.6 Å². The van der Waals surface area contributed by atoms with Crippen LogP contribution in [-0.2, 0) is 14.4 Å². The van der Waals surface area contributed by atoms with E-state index in [1.807, 2.05) is 10.6 Å². The maximum Gasteiger partial charge on any atom is 0.336 e. The summed E-state index contributed by atoms with van der Waals surface area (Å²) in [5, 5.41) is 27.8. The van der Waals surface area contributed by atoms with Gasteiger partial charge in [-0.2, -0.15) is 0 Å². The third-order valence-electron chi connectivity index (χ3n) is 1.75. The van der Waals surface area contributed by atoms with Gasteiger partial charge in [0.2, 0.25) is 0 Å². The molecule has 2 unspecified atom stereocenters. The molecule has 102 valence electrons. The van der Waals surface area contributed by atoms with Gasteiger partial charge in [-0.15, -0.1) is 12.6 Å². The maximum atomic E-state index is 11.2. The van der Waals surface area contributed by atoms with Gasteiger partial charge in [0, 0.05) is 6.42 Å². The summed E-state index contributed by atoms with van der Waals surface area (Å²) in [5.74, 6) is -4.04. The molecule has 2 atom stereocenters. The lowest BCUT2D eigenvalue weighted by Gasteiger charge is -2.15. The number of thiol groups is 1. The largest absolute Gasteiger partial charge is 0.481 e. The second-order valence-corrected chi connectivity index (χ2v) is 3.70. The number of nitrogens with one attached hydrogen (secondary N) is 2. The minimum Gasteiger partial charge on any atom is -0.481 e. The number of hydrogen-bond donors (Lipinski definition) is 6. The lowest BCUT2D eigenvalue weighted by molar-refractivity contribution is -0.140. The van der Waals surface area contributed by atoms with Crippen LogP contribution in [0.1, 0.15) is 12.8 Å². The zero-order valence-electron chi connectivity index (χ0n) is 8.99. The molecule has 0 aromatic heterocycles. The standard InChI is InChI=1S/C8H12N2O7S/c11-4(12)2-1-3(6(13)14)9-8(17)10-5(18)7(15)16/h3,5,18H,1-2H2,(H,11,12)(H,13,14)(H,15,16)(H2,9,10,17). The number of carbonyl (C=O) groups is 4. The molecule has 0 aliphatic heterocycles. The van der Waals surface area contributed by atoms with E-state index in [2.05, 4.69) is 12.6 Å². The monoisotopic (exact) mass is 280 g/mol. The van der Waals surface area contributed by atoms with Gasteiger partial charge in [-0.3, -0.25) is 4.79 Å². The number of aliphatic carboxylic acids is 3. The Morgan fingerprint density at radius 1 is 1.00 bits per heavy atom. The van der Waals surface area contributed by atoms with Gasteiger partial charge in [0.15, 0.2) is 5.37 Å². The number of hydrogen-bond acceptors (Lipinski definition) is 5. The highest BCUT2D eigenvalue weighted by Gasteiger charge is 2.22. The summed E-state index contributed by atoms with van der Waals surface area (Å²) in [6.07, 6.45) is -0.761. The first-order valence-corrected chi connectivity index (χ1v) is 5.18. The van der Waals surface area contributed by atoms with Crippen LogP contribution < -0.4 is 10.6 Å². The van der Waals surface area contributed by atoms with Crippen molar-refractivity contribution >= 4 is 36.6 Å². The fourth-order valence-corrected chi connectivity index (χ4v) is 1.03. The average Bonchev–Trinajstić information content (AvgIpc) is 2.23. The van der Waals surface area contributed by atoms with Crippen molar-refractivity contribution in [1.82, 2.24) is 10.6 Å². The predicted octanol–water partition coefficient (Wildman–Crippen LogP) is -1.06. The quantitative estimate of drug-likeness (QED) is 0.257. The Morgan fingerprint density at radius 2 is 1.56 bits per heavy atom. The Labute approximate surface area is 107 Å². The summed E-state index contributed by atoms with van der Waals surface area (Å²) in [4.78, 5) is 42.5. The van der Waals surface area contributed by atoms with E-state index in [1.54, 1.807) is 0 Å². The van der Waals surface area contributed by atoms with E-state index in [-0.39, 0.29) is 6.42 Å². The lowest BCUT2D eigenvalue weighted by atomic mass is 10.1. The Bertz CT molecular complexity index is 359. The van der Waals surface area contributed by atoms with Gasteiger partial charge in [-0.05, 0) is 6.42 Å². The molecule has 0 aromatic carbocycles. The van der Waals surface area contributed by atoms with E-state index in [4.69, 9.17) is 15.3 Å². The van der Waals surface area contributed by atoms with Crippen LogP contribution in [0, 0.1) is 0 Å². The number of carboxylic acids is 3. The first-order valence-electron chi connectivity index (χ1n) is 4.66. The van der Waals surface area contributed by atoms with Crippen LogP contribution in [-0.4, -0.2) is 50.7 Å². The molecule has 0 saturated carbocycles. The highest BCUT2D eigenvalue weighted by atomic mass is 32.1. The van der Waals surface area contributed by atoms with Crippen molar-refractivity contribution in [1.29, 1.82) is 0 Å². The minimum atomic E-state index is -1.49. The van der Waals surface area contributed by atoms with Gasteiger partial charge in [-0.1, -0.05) is 0 Å². The van der Waals surface area contributed by atoms with Crippen LogP contribution in [0.15, 0.2) is 0 Å². The molecular weight excluding hydrogens is 268 g/mol. The fourth-order valence-electron chi connectivity index (χ4n) is 0.911. The topological polar surface area (TPSA) is 153 Å². The molecule has 2 amide bonds. The number of carbonyl (C=O) groups excluding carboxylic acids is 1. The Morgan fingerprint density at radius 3 is 1.94 bits per heavy atom. The normalized spacial score (nSPS) is 13.2. The second kappa shape index (κ2) is 7.37. The van der Waals surface area contributed by atoms with E-state index < -0.39 is 41.8 Å². The molecule has 0 saturated heterocycles. The van der Waals surface area contributed by atoms with E-state index in [0.29, 0.717) is 0 Å². The van der Waals surface area contributed by atoms with E-state index >= 15 is 0 Å². The molecule has 0 bridgehead atoms. The van der Waals surface area contributed by atoms with Gasteiger partial charge in [-0.25, -0.2) is 14.4 Å². The van der Waals surface area contributed by atoms with Crippen molar-refractivity contribution in [3.63, 3.8) is 0 Å². The maximum absolute atomic E-state index is 11.2. The number of amides is 2. The first kappa shape index (κ1) is 16.0. The van der Waals surface area contributed by atoms with Crippen LogP contribution in [0.25, 0.3) is 0 Å². The van der Waals surface area contributed by atoms with Crippen molar-refractivity contribution in [3.8, 4) is 0 Å². The molecule has 0 aromatic rings. The highest BCUT2D eigenvalue weighted by molar-refractivity contribution is 7.81. The molecular formula is C8H12N2O7S. The smallest absolute Gasteiger partial charge is 0.336 e. The first-order chi connectivity index (χ1) is 8.23. The second-order valence-electron chi connectivity index (χ2n) is 3.18. The molecule has 0 radical (unpaired) electrons. The van der Waals surface area contributed by atoms with E-state index in [0.717, 1.165) is 0 Å². The van der Waals surface area contributed by atoms with Gasteiger partial charge < -0.3 is 26.0 Å². The highest BCUT2D eigenvalue weighted by Crippen LogP contribution is 1.98. The van der Waals surface area contributed by atoms with E-state index in [1.165, 1.54) is 0 Å². The summed E-state index contributed by atoms with van der Waals surface area (Å²) in [7, 11) is 0. The molecule has 0 rings (SSSR count). The summed E-state index contributed by atoms with van der Waals surface area (Å²) >= 11 is 3.51. The van der Waals surface area contributed by atoms with Crippen molar-refractivity contribution in [3.05, 3.63) is 0 Å². The molecule has 0 aliphatic carbocycles. The molecule has 9 nitrogen and oxygen atoms in total. The Kier molecular flexibility index (Phi) is 6.57. The molecule has 10 heteroatoms. The van der Waals surface area contributed by atoms with Gasteiger partial charge in [0.25, 0.3) is 0 Å². The number of urea groups is 1. The van der Waals surface area contributed by atoms with Crippen LogP contribution in [0.4, 0.5) is 4.79 Å². The Hall–Kier alpha value is -1.97. The zero-order valence-corrected chi connectivity index (χ0v) is 9.89. The number of rotatable bonds is 7. The summed E-state index contributed by atoms with van der Waals surface area (Å²) in [5.41, 5.74) is 0. The molecule has 0 fully saturated rings. The number of carboxylic acid groups (broad SMARTS) is 3. The minimum absolute atomic E-state index is 0.317. The van der Waals surface area contributed by atoms with Gasteiger partial charge >= 0.3 is 23.9 Å². The molecule has 0 spiro atoms. The SMILES string of the molecule is O=C(O)CCC(NC(=O)NC(S)C(=O)O)C(=O)O. The van der Waals surface area contributed by atoms with Crippen molar-refractivity contribution in [2.75, 3.05) is 0 Å². The third kappa shape index (κ3) is 6.58. The lowest BCUT2D eigenvalue weighted by Crippen LogP contribution is -2.49. The summed E-state index contributed by atoms with van der Waals surface area (Å²) in [6.45, 7) is 0. The average molecular weight is 280 g/mol.